The van der Waals surface area contributed by atoms with Crippen molar-refractivity contribution < 1.29 is 0 Å². The third-order valence-corrected chi connectivity index (χ3v) is 4.76. The highest BCUT2D eigenvalue weighted by Gasteiger charge is 2.13. The van der Waals surface area contributed by atoms with E-state index in [1.54, 1.807) is 0 Å². The summed E-state index contributed by atoms with van der Waals surface area (Å²) >= 11 is 1.81. The highest BCUT2D eigenvalue weighted by Crippen LogP contribution is 2.31. The fourth-order valence-electron chi connectivity index (χ4n) is 2.39. The van der Waals surface area contributed by atoms with Gasteiger partial charge in [0.25, 0.3) is 0 Å². The molecule has 0 aliphatic rings. The van der Waals surface area contributed by atoms with Gasteiger partial charge >= 0.3 is 0 Å². The Labute approximate surface area is 127 Å². The minimum atomic E-state index is 0.359. The molecule has 0 aliphatic carbocycles. The topological polar surface area (TPSA) is 12.0 Å². The van der Waals surface area contributed by atoms with Gasteiger partial charge in [0.15, 0.2) is 0 Å². The molecule has 1 nitrogen and oxygen atoms in total. The Kier molecular flexibility index (Phi) is 4.87. The maximum absolute atomic E-state index is 3.67. The molecule has 0 bridgehead atoms. The van der Waals surface area contributed by atoms with Gasteiger partial charge in [0.05, 0.1) is 6.04 Å². The molecular formula is C18H25NS. The first-order valence-corrected chi connectivity index (χ1v) is 8.30. The molecule has 1 N–H and O–H groups in total. The highest BCUT2D eigenvalue weighted by atomic mass is 32.1. The van der Waals surface area contributed by atoms with Crippen LogP contribution in [0.2, 0.25) is 0 Å². The molecule has 1 heterocycles. The van der Waals surface area contributed by atoms with Gasteiger partial charge in [-0.25, -0.2) is 0 Å². The SMILES string of the molecule is CC(C)c1ccc(NC(C)c2cccs2)c(C(C)C)c1. The van der Waals surface area contributed by atoms with E-state index < -0.39 is 0 Å². The van der Waals surface area contributed by atoms with Gasteiger partial charge in [0.1, 0.15) is 0 Å². The second-order valence-electron chi connectivity index (χ2n) is 6.04. The first kappa shape index (κ1) is 15.1. The molecule has 0 amide bonds. The van der Waals surface area contributed by atoms with Crippen LogP contribution in [0.1, 0.15) is 68.5 Å². The van der Waals surface area contributed by atoms with Gasteiger partial charge in [-0.1, -0.05) is 45.9 Å². The van der Waals surface area contributed by atoms with Gasteiger partial charge in [-0.05, 0) is 47.4 Å². The molecule has 0 aliphatic heterocycles. The molecule has 20 heavy (non-hydrogen) atoms. The molecule has 0 saturated carbocycles. The summed E-state index contributed by atoms with van der Waals surface area (Å²) in [6.07, 6.45) is 0. The molecule has 108 valence electrons. The fraction of sp³-hybridized carbons (Fsp3) is 0.444. The van der Waals surface area contributed by atoms with Crippen molar-refractivity contribution in [1.29, 1.82) is 0 Å². The van der Waals surface area contributed by atoms with Crippen molar-refractivity contribution in [1.82, 2.24) is 0 Å². The molecule has 1 aromatic carbocycles. The predicted octanol–water partition coefficient (Wildman–Crippen LogP) is 6.17. The van der Waals surface area contributed by atoms with E-state index in [4.69, 9.17) is 0 Å². The summed E-state index contributed by atoms with van der Waals surface area (Å²) in [6.45, 7) is 11.3. The van der Waals surface area contributed by atoms with Crippen molar-refractivity contribution in [3.8, 4) is 0 Å². The number of rotatable bonds is 5. The van der Waals surface area contributed by atoms with Crippen LogP contribution in [0.15, 0.2) is 35.7 Å². The number of hydrogen-bond donors (Lipinski definition) is 1. The second-order valence-corrected chi connectivity index (χ2v) is 7.02. The van der Waals surface area contributed by atoms with Gasteiger partial charge in [-0.2, -0.15) is 0 Å². The quantitative estimate of drug-likeness (QED) is 0.693. The third kappa shape index (κ3) is 3.43. The molecule has 0 radical (unpaired) electrons. The van der Waals surface area contributed by atoms with Gasteiger partial charge in [-0.15, -0.1) is 11.3 Å². The summed E-state index contributed by atoms with van der Waals surface area (Å²) in [5.41, 5.74) is 4.10. The summed E-state index contributed by atoms with van der Waals surface area (Å²) in [4.78, 5) is 1.38. The third-order valence-electron chi connectivity index (χ3n) is 3.71. The van der Waals surface area contributed by atoms with Crippen LogP contribution in [0.25, 0.3) is 0 Å². The zero-order chi connectivity index (χ0) is 14.7. The number of nitrogens with one attached hydrogen (secondary N) is 1. The molecule has 0 spiro atoms. The van der Waals surface area contributed by atoms with Crippen LogP contribution in [0, 0.1) is 0 Å². The van der Waals surface area contributed by atoms with Crippen LogP contribution in [-0.2, 0) is 0 Å². The standard InChI is InChI=1S/C18H25NS/c1-12(2)15-8-9-17(16(11-15)13(3)4)19-14(5)18-7-6-10-20-18/h6-14,19H,1-5H3. The zero-order valence-electron chi connectivity index (χ0n) is 13.1. The van der Waals surface area contributed by atoms with Gasteiger partial charge in [0, 0.05) is 10.6 Å². The average molecular weight is 287 g/mol. The summed E-state index contributed by atoms with van der Waals surface area (Å²) in [5.74, 6) is 1.11. The van der Waals surface area contributed by atoms with Crippen molar-refractivity contribution in [3.05, 3.63) is 51.7 Å². The van der Waals surface area contributed by atoms with E-state index in [0.29, 0.717) is 17.9 Å². The van der Waals surface area contributed by atoms with Crippen molar-refractivity contribution in [2.75, 3.05) is 5.32 Å². The van der Waals surface area contributed by atoms with Gasteiger partial charge < -0.3 is 5.32 Å². The molecule has 2 aromatic rings. The van der Waals surface area contributed by atoms with E-state index in [1.807, 2.05) is 11.3 Å². The molecule has 0 fully saturated rings. The van der Waals surface area contributed by atoms with E-state index in [1.165, 1.54) is 21.7 Å². The van der Waals surface area contributed by atoms with Crippen LogP contribution in [0.5, 0.6) is 0 Å². The van der Waals surface area contributed by atoms with E-state index in [9.17, 15) is 0 Å². The number of benzene rings is 1. The Morgan fingerprint density at radius 1 is 0.950 bits per heavy atom. The molecule has 0 saturated heterocycles. The van der Waals surface area contributed by atoms with Crippen LogP contribution >= 0.6 is 11.3 Å². The summed E-state index contributed by atoms with van der Waals surface area (Å²) < 4.78 is 0. The smallest absolute Gasteiger partial charge is 0.0578 e. The zero-order valence-corrected chi connectivity index (χ0v) is 13.9. The van der Waals surface area contributed by atoms with E-state index >= 15 is 0 Å². The van der Waals surface area contributed by atoms with Gasteiger partial charge in [-0.3, -0.25) is 0 Å². The predicted molar refractivity (Wildman–Crippen MR) is 91.0 cm³/mol. The summed E-state index contributed by atoms with van der Waals surface area (Å²) in [5, 5.41) is 5.81. The lowest BCUT2D eigenvalue weighted by Gasteiger charge is -2.21. The lowest BCUT2D eigenvalue weighted by atomic mass is 9.94. The lowest BCUT2D eigenvalue weighted by Crippen LogP contribution is -2.08. The lowest BCUT2D eigenvalue weighted by molar-refractivity contribution is 0.825. The maximum atomic E-state index is 3.67. The van der Waals surface area contributed by atoms with E-state index in [0.717, 1.165) is 0 Å². The molecule has 1 atom stereocenters. The maximum Gasteiger partial charge on any atom is 0.0578 e. The average Bonchev–Trinajstić information content (AvgIpc) is 2.92. The van der Waals surface area contributed by atoms with Crippen molar-refractivity contribution in [2.45, 2.75) is 52.5 Å². The number of anilines is 1. The highest BCUT2D eigenvalue weighted by molar-refractivity contribution is 7.10. The van der Waals surface area contributed by atoms with Crippen molar-refractivity contribution >= 4 is 17.0 Å². The summed E-state index contributed by atoms with van der Waals surface area (Å²) in [7, 11) is 0. The van der Waals surface area contributed by atoms with Crippen molar-refractivity contribution in [3.63, 3.8) is 0 Å². The van der Waals surface area contributed by atoms with Gasteiger partial charge in [0.2, 0.25) is 0 Å². The van der Waals surface area contributed by atoms with Crippen LogP contribution in [-0.4, -0.2) is 0 Å². The Bertz CT molecular complexity index is 541. The van der Waals surface area contributed by atoms with E-state index in [2.05, 4.69) is 75.6 Å². The van der Waals surface area contributed by atoms with Crippen LogP contribution in [0.4, 0.5) is 5.69 Å². The molecule has 2 rings (SSSR count). The fourth-order valence-corrected chi connectivity index (χ4v) is 3.13. The minimum Gasteiger partial charge on any atom is -0.377 e. The second kappa shape index (κ2) is 6.45. The van der Waals surface area contributed by atoms with Crippen LogP contribution in [0.3, 0.4) is 0 Å². The Morgan fingerprint density at radius 3 is 2.25 bits per heavy atom. The first-order chi connectivity index (χ1) is 9.49. The molecular weight excluding hydrogens is 262 g/mol. The minimum absolute atomic E-state index is 0.359. The largest absolute Gasteiger partial charge is 0.377 e. The first-order valence-electron chi connectivity index (χ1n) is 7.42. The summed E-state index contributed by atoms with van der Waals surface area (Å²) in [6, 6.07) is 11.5. The monoisotopic (exact) mass is 287 g/mol. The normalized spacial score (nSPS) is 12.9. The number of thiophene rings is 1. The van der Waals surface area contributed by atoms with E-state index in [-0.39, 0.29) is 0 Å². The Hall–Kier alpha value is -1.28. The molecule has 2 heteroatoms. The Morgan fingerprint density at radius 2 is 1.70 bits per heavy atom. The number of hydrogen-bond acceptors (Lipinski definition) is 2. The Balaban J connectivity index is 2.27. The van der Waals surface area contributed by atoms with Crippen LogP contribution < -0.4 is 5.32 Å². The molecule has 1 aromatic heterocycles. The van der Waals surface area contributed by atoms with Crippen molar-refractivity contribution in [2.24, 2.45) is 0 Å². The molecule has 1 unspecified atom stereocenters.